The lowest BCUT2D eigenvalue weighted by molar-refractivity contribution is 0.0557. The second kappa shape index (κ2) is 13.0. The summed E-state index contributed by atoms with van der Waals surface area (Å²) in [4.78, 5) is 51.4. The van der Waals surface area contributed by atoms with Gasteiger partial charge in [-0.3, -0.25) is 13.9 Å². The first-order chi connectivity index (χ1) is 20.8. The average Bonchev–Trinajstić information content (AvgIpc) is 2.96. The average molecular weight is 794 g/mol. The van der Waals surface area contributed by atoms with Gasteiger partial charge in [0.15, 0.2) is 5.78 Å². The smallest absolute Gasteiger partial charge is 0.320 e. The molecule has 0 fully saturated rings. The normalized spacial score (nSPS) is 13.1. The second-order valence-electron chi connectivity index (χ2n) is 10.3. The third-order valence-corrected chi connectivity index (χ3v) is 10.5. The van der Waals surface area contributed by atoms with Crippen molar-refractivity contribution >= 4 is 52.8 Å². The van der Waals surface area contributed by atoms with E-state index in [0.29, 0.717) is 16.7 Å². The predicted octanol–water partition coefficient (Wildman–Crippen LogP) is 8.27. The molecule has 0 aromatic heterocycles. The number of ketones is 1. The first kappa shape index (κ1) is 35.4. The van der Waals surface area contributed by atoms with Gasteiger partial charge in [0.2, 0.25) is 0 Å². The summed E-state index contributed by atoms with van der Waals surface area (Å²) in [5.74, 6) is -0.407. The largest absolute Gasteiger partial charge is 0.399 e. The molecule has 0 aliphatic heterocycles. The zero-order chi connectivity index (χ0) is 33.4. The van der Waals surface area contributed by atoms with E-state index in [1.54, 1.807) is 60.7 Å². The number of rotatable bonds is 11. The van der Waals surface area contributed by atoms with Crippen LogP contribution in [0.25, 0.3) is 0 Å². The van der Waals surface area contributed by atoms with Gasteiger partial charge in [0.05, 0.1) is 5.41 Å². The van der Waals surface area contributed by atoms with Crippen molar-refractivity contribution in [3.8, 4) is 0 Å². The number of carbonyl (C=O) groups excluding carboxylic acids is 1. The van der Waals surface area contributed by atoms with Gasteiger partial charge in [-0.05, 0) is 41.7 Å². The van der Waals surface area contributed by atoms with Crippen molar-refractivity contribution in [3.05, 3.63) is 139 Å². The Labute approximate surface area is 271 Å². The van der Waals surface area contributed by atoms with Crippen molar-refractivity contribution < 1.29 is 51.1 Å². The summed E-state index contributed by atoms with van der Waals surface area (Å²) >= 11 is 5.98. The van der Waals surface area contributed by atoms with Gasteiger partial charge in [-0.15, -0.1) is 0 Å². The monoisotopic (exact) mass is 792 g/mol. The molecular formula is C30H24Br2F4O7P2. The molecule has 7 nitrogen and oxygen atoms in total. The molecule has 0 aliphatic rings. The van der Waals surface area contributed by atoms with E-state index in [0.717, 1.165) is 12.1 Å². The van der Waals surface area contributed by atoms with E-state index < -0.39 is 48.8 Å². The maximum atomic E-state index is 14.6. The fourth-order valence-electron chi connectivity index (χ4n) is 5.02. The van der Waals surface area contributed by atoms with Gasteiger partial charge >= 0.3 is 26.5 Å². The zero-order valence-electron chi connectivity index (χ0n) is 22.8. The quantitative estimate of drug-likeness (QED) is 0.0683. The third-order valence-electron chi connectivity index (χ3n) is 7.26. The molecule has 4 rings (SSSR count). The maximum Gasteiger partial charge on any atom is 0.399 e. The van der Waals surface area contributed by atoms with E-state index in [2.05, 4.69) is 31.9 Å². The van der Waals surface area contributed by atoms with Crippen LogP contribution in [-0.2, 0) is 38.7 Å². The van der Waals surface area contributed by atoms with Crippen LogP contribution in [0.2, 0.25) is 0 Å². The standard InChI is InChI=1S/C30H24Br2F4O7P2/c31-25-15-19(11-13-23(25)29(33,34)44(38,39)40)17-28(22-9-5-2-6-10-22,27(37)21-7-3-1-4-8-21)18-20-12-14-24(26(32)16-20)30(35,36)45(41,42)43/h1-16H,17-18H2,(H2,38,39,40)(H2,41,42,43). The van der Waals surface area contributed by atoms with E-state index in [1.807, 2.05) is 0 Å². The Kier molecular flexibility index (Phi) is 10.2. The molecule has 4 N–H and O–H groups in total. The molecule has 4 aromatic carbocycles. The number of halogens is 6. The van der Waals surface area contributed by atoms with Crippen LogP contribution in [0.3, 0.4) is 0 Å². The van der Waals surface area contributed by atoms with E-state index >= 15 is 0 Å². The molecule has 15 heteroatoms. The van der Waals surface area contributed by atoms with Gasteiger partial charge in [-0.2, -0.15) is 17.6 Å². The Bertz CT molecular complexity index is 1730. The molecule has 0 aliphatic carbocycles. The minimum absolute atomic E-state index is 0.136. The molecule has 0 bridgehead atoms. The van der Waals surface area contributed by atoms with Crippen LogP contribution in [0.5, 0.6) is 0 Å². The summed E-state index contributed by atoms with van der Waals surface area (Å²) in [6.45, 7) is 0. The molecule has 0 spiro atoms. The highest BCUT2D eigenvalue weighted by Crippen LogP contribution is 2.61. The van der Waals surface area contributed by atoms with Crippen molar-refractivity contribution in [1.82, 2.24) is 0 Å². The highest BCUT2D eigenvalue weighted by atomic mass is 79.9. The van der Waals surface area contributed by atoms with Crippen molar-refractivity contribution in [2.75, 3.05) is 0 Å². The molecule has 0 heterocycles. The van der Waals surface area contributed by atoms with Crippen LogP contribution >= 0.6 is 47.1 Å². The summed E-state index contributed by atoms with van der Waals surface area (Å²) in [7, 11) is -11.8. The number of hydrogen-bond acceptors (Lipinski definition) is 3. The van der Waals surface area contributed by atoms with Crippen LogP contribution in [0.4, 0.5) is 17.6 Å². The minimum atomic E-state index is -5.88. The Hall–Kier alpha value is -2.47. The second-order valence-corrected chi connectivity index (χ2v) is 15.3. The molecule has 0 radical (unpaired) electrons. The first-order valence-corrected chi connectivity index (χ1v) is 17.7. The summed E-state index contributed by atoms with van der Waals surface area (Å²) in [5, 5.41) is 0. The molecular weight excluding hydrogens is 770 g/mol. The zero-order valence-corrected chi connectivity index (χ0v) is 27.8. The Balaban J connectivity index is 1.91. The molecule has 4 aromatic rings. The Morgan fingerprint density at radius 2 is 1.00 bits per heavy atom. The van der Waals surface area contributed by atoms with E-state index in [-0.39, 0.29) is 27.4 Å². The van der Waals surface area contributed by atoms with Gasteiger partial charge in [0.1, 0.15) is 0 Å². The van der Waals surface area contributed by atoms with Crippen LogP contribution in [0, 0.1) is 0 Å². The fraction of sp³-hybridized carbons (Fsp3) is 0.167. The van der Waals surface area contributed by atoms with Crippen molar-refractivity contribution in [3.63, 3.8) is 0 Å². The highest BCUT2D eigenvalue weighted by molar-refractivity contribution is 9.10. The van der Waals surface area contributed by atoms with Gasteiger partial charge in [0.25, 0.3) is 0 Å². The minimum Gasteiger partial charge on any atom is -0.320 e. The lowest BCUT2D eigenvalue weighted by Gasteiger charge is -2.34. The molecule has 0 atom stereocenters. The highest BCUT2D eigenvalue weighted by Gasteiger charge is 2.52. The molecule has 0 saturated heterocycles. The van der Waals surface area contributed by atoms with Crippen molar-refractivity contribution in [2.45, 2.75) is 29.6 Å². The third kappa shape index (κ3) is 7.11. The van der Waals surface area contributed by atoms with E-state index in [9.17, 15) is 51.1 Å². The van der Waals surface area contributed by atoms with Crippen LogP contribution in [0.1, 0.15) is 38.2 Å². The molecule has 0 amide bonds. The van der Waals surface area contributed by atoms with E-state index in [1.165, 1.54) is 24.3 Å². The number of hydrogen-bond donors (Lipinski definition) is 4. The number of alkyl halides is 4. The predicted molar refractivity (Wildman–Crippen MR) is 166 cm³/mol. The Morgan fingerprint density at radius 1 is 0.622 bits per heavy atom. The van der Waals surface area contributed by atoms with Crippen LogP contribution < -0.4 is 0 Å². The fourth-order valence-corrected chi connectivity index (χ4v) is 7.69. The SMILES string of the molecule is O=C(c1ccccc1)C(Cc1ccc(C(F)(F)P(=O)(O)O)c(Br)c1)(Cc1ccc(C(F)(F)P(=O)(O)O)c(Br)c1)c1ccccc1. The number of Topliss-reactive ketones (excluding diaryl/α,β-unsaturated/α-hetero) is 1. The molecule has 0 unspecified atom stereocenters. The van der Waals surface area contributed by atoms with Gasteiger partial charge < -0.3 is 19.6 Å². The molecule has 45 heavy (non-hydrogen) atoms. The summed E-state index contributed by atoms with van der Waals surface area (Å²) < 4.78 is 80.7. The summed E-state index contributed by atoms with van der Waals surface area (Å²) in [6.07, 6.45) is -0.272. The summed E-state index contributed by atoms with van der Waals surface area (Å²) in [5.41, 5.74) is -11.0. The molecule has 238 valence electrons. The lowest BCUT2D eigenvalue weighted by atomic mass is 9.67. The number of benzene rings is 4. The maximum absolute atomic E-state index is 14.6. The first-order valence-electron chi connectivity index (χ1n) is 12.9. The van der Waals surface area contributed by atoms with Gasteiger partial charge in [0, 0.05) is 25.6 Å². The van der Waals surface area contributed by atoms with E-state index in [4.69, 9.17) is 0 Å². The summed E-state index contributed by atoms with van der Waals surface area (Å²) in [6, 6.07) is 23.2. The lowest BCUT2D eigenvalue weighted by Crippen LogP contribution is -2.40. The van der Waals surface area contributed by atoms with Crippen LogP contribution in [0.15, 0.2) is 106 Å². The van der Waals surface area contributed by atoms with Gasteiger partial charge in [-0.1, -0.05) is 117 Å². The number of carbonyl (C=O) groups is 1. The Morgan fingerprint density at radius 3 is 1.36 bits per heavy atom. The van der Waals surface area contributed by atoms with Gasteiger partial charge in [-0.25, -0.2) is 0 Å². The van der Waals surface area contributed by atoms with Crippen molar-refractivity contribution in [1.29, 1.82) is 0 Å². The molecule has 0 saturated carbocycles. The topological polar surface area (TPSA) is 132 Å². The van der Waals surface area contributed by atoms with Crippen LogP contribution in [-0.4, -0.2) is 25.4 Å². The van der Waals surface area contributed by atoms with Crippen molar-refractivity contribution in [2.24, 2.45) is 0 Å².